The van der Waals surface area contributed by atoms with Gasteiger partial charge in [-0.25, -0.2) is 14.2 Å². The minimum Gasteiger partial charge on any atom is -1.00 e. The summed E-state index contributed by atoms with van der Waals surface area (Å²) in [5.41, 5.74) is 0. The van der Waals surface area contributed by atoms with Crippen LogP contribution >= 0.6 is 7.82 Å². The van der Waals surface area contributed by atoms with E-state index in [0.29, 0.717) is 0 Å². The summed E-state index contributed by atoms with van der Waals surface area (Å²) in [6.45, 7) is 0. The third-order valence-electron chi connectivity index (χ3n) is 0.183. The molecule has 20 heteroatoms. The maximum atomic E-state index is 9.75. The van der Waals surface area contributed by atoms with Crippen LogP contribution in [0.25, 0.3) is 0 Å². The van der Waals surface area contributed by atoms with Gasteiger partial charge in [0.1, 0.15) is 0 Å². The van der Waals surface area contributed by atoms with Crippen molar-refractivity contribution in [2.45, 2.75) is 0 Å². The van der Waals surface area contributed by atoms with Gasteiger partial charge in [0.05, 0.1) is 0 Å². The van der Waals surface area contributed by atoms with Crippen LogP contribution in [0.4, 0.5) is 34.5 Å². The predicted octanol–water partition coefficient (Wildman–Crippen LogP) is -2.06. The third kappa shape index (κ3) is 616. The number of carbonyl (C=O) groups is 2. The Bertz CT molecular complexity index is 315. The molecule has 0 saturated carbocycles. The second-order valence-electron chi connectivity index (χ2n) is 2.11. The summed E-state index contributed by atoms with van der Waals surface area (Å²) in [5.74, 6) is -3.65. The fraction of sp³-hybridized carbons (Fsp3) is 0. The summed E-state index contributed by atoms with van der Waals surface area (Å²) in [6.07, 6.45) is 0. The summed E-state index contributed by atoms with van der Waals surface area (Å²) in [5, 5.41) is 14.8. The molecule has 0 fully saturated rings. The molecule has 0 saturated heterocycles. The first kappa shape index (κ1) is 33.0. The van der Waals surface area contributed by atoms with Crippen molar-refractivity contribution in [3.05, 3.63) is 0 Å². The van der Waals surface area contributed by atoms with Crippen LogP contribution in [0.3, 0.4) is 0 Å². The first-order valence-electron chi connectivity index (χ1n) is 3.63. The van der Waals surface area contributed by atoms with Gasteiger partial charge in [0.25, 0.3) is 0 Å². The van der Waals surface area contributed by atoms with Gasteiger partial charge in [0, 0.05) is 0 Å². The molecule has 0 aromatic carbocycles. The largest absolute Gasteiger partial charge is 1.00 e. The second-order valence-corrected chi connectivity index (χ2v) is 3.14. The van der Waals surface area contributed by atoms with Gasteiger partial charge in [-0.05, 0) is 0 Å². The normalized spacial score (nSPS) is 10.1. The minimum atomic E-state index is -6.00. The summed E-state index contributed by atoms with van der Waals surface area (Å²) in [4.78, 5) is 39.8. The van der Waals surface area contributed by atoms with Crippen LogP contribution in [0, 0.1) is 0 Å². The third-order valence-corrected chi connectivity index (χ3v) is 0.183. The standard InChI is InChI=1S/C2H2O4.2BF4.Li.H3O4P.H/c3-1(4)2(5)6;2*2-1(3,4)5;;1-5(2,3)4;/h(H,3,4)(H,5,6);;;;(H3,1,2,3,4);/q;2*-1;+1;;-1. The first-order valence-corrected chi connectivity index (χ1v) is 5.20. The quantitative estimate of drug-likeness (QED) is 0.141. The van der Waals surface area contributed by atoms with Crippen LogP contribution in [0.2, 0.25) is 0 Å². The van der Waals surface area contributed by atoms with Crippen molar-refractivity contribution in [2.24, 2.45) is 0 Å². The number of halogens is 8. The monoisotopic (exact) mass is 370 g/mol. The van der Waals surface area contributed by atoms with Gasteiger partial charge >= 0.3 is 53.1 Å². The molecule has 8 nitrogen and oxygen atoms in total. The van der Waals surface area contributed by atoms with Gasteiger partial charge in [-0.15, -0.1) is 0 Å². The first-order chi connectivity index (χ1) is 8.64. The molecule has 0 aliphatic carbocycles. The van der Waals surface area contributed by atoms with Gasteiger partial charge in [-0.3, -0.25) is 0 Å². The molecule has 0 radical (unpaired) electrons. The zero-order valence-electron chi connectivity index (χ0n) is 11.1. The second kappa shape index (κ2) is 13.9. The number of carboxylic acids is 2. The Morgan fingerprint density at radius 1 is 0.727 bits per heavy atom. The van der Waals surface area contributed by atoms with Crippen LogP contribution in [0.15, 0.2) is 0 Å². The molecule has 5 N–H and O–H groups in total. The summed E-state index contributed by atoms with van der Waals surface area (Å²) in [6, 6.07) is 0. The van der Waals surface area contributed by atoms with Gasteiger partial charge in [-0.1, -0.05) is 0 Å². The zero-order valence-corrected chi connectivity index (χ0v) is 11.0. The zero-order chi connectivity index (χ0) is 18.7. The van der Waals surface area contributed by atoms with Crippen molar-refractivity contribution < 1.29 is 93.9 Å². The van der Waals surface area contributed by atoms with Gasteiger partial charge in [-0.2, -0.15) is 0 Å². The Kier molecular flexibility index (Phi) is 20.8. The van der Waals surface area contributed by atoms with Crippen LogP contribution in [-0.4, -0.2) is 51.3 Å². The van der Waals surface area contributed by atoms with E-state index in [1.165, 1.54) is 0 Å². The molecular formula is C2H6B2F8LiO8P-2. The number of aliphatic carboxylic acids is 2. The molecule has 0 aliphatic heterocycles. The predicted molar refractivity (Wildman–Crippen MR) is 51.0 cm³/mol. The summed E-state index contributed by atoms with van der Waals surface area (Å²) >= 11 is 0. The van der Waals surface area contributed by atoms with Crippen molar-refractivity contribution in [3.63, 3.8) is 0 Å². The van der Waals surface area contributed by atoms with Gasteiger partial charge in [0.15, 0.2) is 0 Å². The smallest absolute Gasteiger partial charge is 1.00 e. The van der Waals surface area contributed by atoms with Crippen molar-refractivity contribution in [3.8, 4) is 0 Å². The molecule has 0 heterocycles. The molecule has 0 unspecified atom stereocenters. The molecule has 0 aromatic rings. The molecule has 0 bridgehead atoms. The van der Waals surface area contributed by atoms with Crippen LogP contribution in [-0.2, 0) is 14.2 Å². The molecule has 0 amide bonds. The summed E-state index contributed by atoms with van der Waals surface area (Å²) < 4.78 is 86.9. The van der Waals surface area contributed by atoms with E-state index in [1.54, 1.807) is 0 Å². The molecule has 132 valence electrons. The van der Waals surface area contributed by atoms with Gasteiger partial charge < -0.3 is 60.8 Å². The maximum absolute atomic E-state index is 9.75. The summed E-state index contributed by atoms with van der Waals surface area (Å²) in [7, 11) is -16.6. The SMILES string of the molecule is F[B-](F)(F)F.F[B-](F)(F)F.O=C(O)C(=O)O.O=P(O)(O)O.[H-].[Li+]. The fourth-order valence-electron chi connectivity index (χ4n) is 0. The number of phosphoric acid groups is 1. The Hall–Kier alpha value is -0.783. The van der Waals surface area contributed by atoms with E-state index in [4.69, 9.17) is 39.0 Å². The van der Waals surface area contributed by atoms with Crippen LogP contribution in [0.5, 0.6) is 0 Å². The van der Waals surface area contributed by atoms with E-state index in [0.717, 1.165) is 0 Å². The van der Waals surface area contributed by atoms with E-state index in [2.05, 4.69) is 0 Å². The fourth-order valence-corrected chi connectivity index (χ4v) is 0. The molecule has 0 atom stereocenters. The molecule has 0 aromatic heterocycles. The molecule has 0 spiro atoms. The van der Waals surface area contributed by atoms with Gasteiger partial charge in [0.2, 0.25) is 0 Å². The van der Waals surface area contributed by atoms with Crippen LogP contribution in [0.1, 0.15) is 1.43 Å². The number of hydrogen-bond donors (Lipinski definition) is 5. The number of hydrogen-bond acceptors (Lipinski definition) is 3. The maximum Gasteiger partial charge on any atom is 1.00 e. The van der Waals surface area contributed by atoms with E-state index < -0.39 is 34.3 Å². The Morgan fingerprint density at radius 3 is 0.773 bits per heavy atom. The Morgan fingerprint density at radius 2 is 0.773 bits per heavy atom. The number of carboxylic acid groups (broad SMARTS) is 2. The molecule has 22 heavy (non-hydrogen) atoms. The Labute approximate surface area is 129 Å². The topological polar surface area (TPSA) is 152 Å². The van der Waals surface area contributed by atoms with E-state index in [9.17, 15) is 34.5 Å². The Balaban J connectivity index is -0.0000000408. The van der Waals surface area contributed by atoms with Crippen molar-refractivity contribution in [1.29, 1.82) is 0 Å². The van der Waals surface area contributed by atoms with Crippen LogP contribution < -0.4 is 18.9 Å². The molecule has 0 rings (SSSR count). The van der Waals surface area contributed by atoms with Crippen molar-refractivity contribution >= 4 is 34.3 Å². The van der Waals surface area contributed by atoms with E-state index >= 15 is 0 Å². The van der Waals surface area contributed by atoms with Crippen molar-refractivity contribution in [1.82, 2.24) is 0 Å². The average molecular weight is 370 g/mol. The van der Waals surface area contributed by atoms with E-state index in [1.807, 2.05) is 0 Å². The average Bonchev–Trinajstić information content (AvgIpc) is 1.92. The molecular weight excluding hydrogens is 364 g/mol. The number of rotatable bonds is 0. The molecule has 0 aliphatic rings. The minimum absolute atomic E-state index is 0. The van der Waals surface area contributed by atoms with E-state index in [-0.39, 0.29) is 20.3 Å². The van der Waals surface area contributed by atoms with Crippen molar-refractivity contribution in [2.75, 3.05) is 0 Å².